The third-order valence-corrected chi connectivity index (χ3v) is 2.92. The first kappa shape index (κ1) is 13.8. The molecule has 2 N–H and O–H groups in total. The van der Waals surface area contributed by atoms with Crippen molar-refractivity contribution < 1.29 is 9.90 Å². The third-order valence-electron chi connectivity index (χ3n) is 2.92. The van der Waals surface area contributed by atoms with Crippen molar-refractivity contribution >= 4 is 5.91 Å². The molecule has 0 aliphatic carbocycles. The summed E-state index contributed by atoms with van der Waals surface area (Å²) in [5.41, 5.74) is 0.687. The number of aromatic nitrogens is 1. The summed E-state index contributed by atoms with van der Waals surface area (Å²) in [6.45, 7) is 5.01. The zero-order valence-corrected chi connectivity index (χ0v) is 10.9. The largest absolute Gasteiger partial charge is 0.396 e. The van der Waals surface area contributed by atoms with Crippen LogP contribution in [0.15, 0.2) is 18.3 Å². The van der Waals surface area contributed by atoms with E-state index in [4.69, 9.17) is 5.11 Å². The van der Waals surface area contributed by atoms with Gasteiger partial charge in [-0.05, 0) is 30.4 Å². The normalized spacial score (nSPS) is 11.5. The fraction of sp³-hybridized carbons (Fsp3) is 0.615. The van der Waals surface area contributed by atoms with Gasteiger partial charge < -0.3 is 15.0 Å². The maximum absolute atomic E-state index is 11.9. The Balaban J connectivity index is 2.45. The van der Waals surface area contributed by atoms with Gasteiger partial charge in [-0.3, -0.25) is 4.79 Å². The van der Waals surface area contributed by atoms with Crippen molar-refractivity contribution in [2.45, 2.75) is 26.7 Å². The highest BCUT2D eigenvalue weighted by Gasteiger charge is 2.19. The number of aliphatic hydroxyl groups is 1. The van der Waals surface area contributed by atoms with E-state index in [2.05, 4.69) is 19.2 Å². The number of rotatable bonds is 6. The Morgan fingerprint density at radius 3 is 2.76 bits per heavy atom. The first-order chi connectivity index (χ1) is 7.96. The standard InChI is InChI=1S/C13H22N2O2/c1-13(2,7-5-9-16)10-14-12(17)11-6-4-8-15(11)3/h4,6,8,16H,5,7,9-10H2,1-3H3,(H,14,17). The second-order valence-electron chi connectivity index (χ2n) is 5.18. The molecule has 0 radical (unpaired) electrons. The summed E-state index contributed by atoms with van der Waals surface area (Å²) in [6, 6.07) is 3.65. The van der Waals surface area contributed by atoms with Crippen LogP contribution in [-0.2, 0) is 7.05 Å². The van der Waals surface area contributed by atoms with Crippen molar-refractivity contribution in [3.8, 4) is 0 Å². The van der Waals surface area contributed by atoms with Crippen molar-refractivity contribution in [1.82, 2.24) is 9.88 Å². The van der Waals surface area contributed by atoms with Crippen molar-refractivity contribution in [2.24, 2.45) is 12.5 Å². The Kier molecular flexibility index (Phi) is 4.75. The highest BCUT2D eigenvalue weighted by molar-refractivity contribution is 5.92. The van der Waals surface area contributed by atoms with Crippen molar-refractivity contribution in [3.63, 3.8) is 0 Å². The van der Waals surface area contributed by atoms with Crippen LogP contribution in [0.1, 0.15) is 37.2 Å². The summed E-state index contributed by atoms with van der Waals surface area (Å²) in [5.74, 6) is -0.0467. The molecule has 0 atom stereocenters. The second-order valence-corrected chi connectivity index (χ2v) is 5.18. The SMILES string of the molecule is Cn1cccc1C(=O)NCC(C)(C)CCCO. The molecule has 4 heteroatoms. The van der Waals surface area contributed by atoms with Crippen LogP contribution in [0.5, 0.6) is 0 Å². The Hall–Kier alpha value is -1.29. The highest BCUT2D eigenvalue weighted by Crippen LogP contribution is 2.20. The summed E-state index contributed by atoms with van der Waals surface area (Å²) in [5, 5.41) is 11.7. The fourth-order valence-electron chi connectivity index (χ4n) is 1.75. The summed E-state index contributed by atoms with van der Waals surface area (Å²) >= 11 is 0. The van der Waals surface area contributed by atoms with Gasteiger partial charge in [0.2, 0.25) is 0 Å². The van der Waals surface area contributed by atoms with Gasteiger partial charge in [-0.25, -0.2) is 0 Å². The van der Waals surface area contributed by atoms with Crippen molar-refractivity contribution in [2.75, 3.05) is 13.2 Å². The molecule has 0 fully saturated rings. The zero-order valence-electron chi connectivity index (χ0n) is 10.9. The van der Waals surface area contributed by atoms with E-state index >= 15 is 0 Å². The molecule has 1 aromatic rings. The van der Waals surface area contributed by atoms with Crippen LogP contribution < -0.4 is 5.32 Å². The Labute approximate surface area is 103 Å². The van der Waals surface area contributed by atoms with Gasteiger partial charge in [0.25, 0.3) is 5.91 Å². The number of amides is 1. The number of aliphatic hydroxyl groups excluding tert-OH is 1. The number of carbonyl (C=O) groups excluding carboxylic acids is 1. The molecule has 0 aromatic carbocycles. The predicted molar refractivity (Wildman–Crippen MR) is 67.8 cm³/mol. The minimum Gasteiger partial charge on any atom is -0.396 e. The molecule has 0 spiro atoms. The molecule has 0 saturated heterocycles. The van der Waals surface area contributed by atoms with Crippen LogP contribution in [0.3, 0.4) is 0 Å². The van der Waals surface area contributed by atoms with Gasteiger partial charge in [0.15, 0.2) is 0 Å². The van der Waals surface area contributed by atoms with Gasteiger partial charge in [0.05, 0.1) is 0 Å². The van der Waals surface area contributed by atoms with Crippen molar-refractivity contribution in [1.29, 1.82) is 0 Å². The molecular formula is C13H22N2O2. The number of nitrogens with one attached hydrogen (secondary N) is 1. The van der Waals surface area contributed by atoms with Crippen LogP contribution in [0.2, 0.25) is 0 Å². The molecule has 0 aliphatic heterocycles. The topological polar surface area (TPSA) is 54.3 Å². The Morgan fingerprint density at radius 1 is 1.53 bits per heavy atom. The predicted octanol–water partition coefficient (Wildman–Crippen LogP) is 1.55. The maximum atomic E-state index is 11.9. The quantitative estimate of drug-likeness (QED) is 0.790. The van der Waals surface area contributed by atoms with Crippen molar-refractivity contribution in [3.05, 3.63) is 24.0 Å². The number of hydrogen-bond donors (Lipinski definition) is 2. The molecule has 1 aromatic heterocycles. The van der Waals surface area contributed by atoms with E-state index in [0.717, 1.165) is 12.8 Å². The lowest BCUT2D eigenvalue weighted by Gasteiger charge is -2.24. The van der Waals surface area contributed by atoms with Gasteiger partial charge in [-0.2, -0.15) is 0 Å². The molecule has 4 nitrogen and oxygen atoms in total. The number of carbonyl (C=O) groups is 1. The maximum Gasteiger partial charge on any atom is 0.267 e. The molecule has 17 heavy (non-hydrogen) atoms. The van der Waals surface area contributed by atoms with E-state index in [1.807, 2.05) is 19.3 Å². The lowest BCUT2D eigenvalue weighted by molar-refractivity contribution is 0.0925. The first-order valence-corrected chi connectivity index (χ1v) is 5.97. The van der Waals surface area contributed by atoms with E-state index in [1.165, 1.54) is 0 Å². The van der Waals surface area contributed by atoms with E-state index in [1.54, 1.807) is 10.6 Å². The molecule has 0 bridgehead atoms. The molecule has 1 rings (SSSR count). The lowest BCUT2D eigenvalue weighted by Crippen LogP contribution is -2.34. The van der Waals surface area contributed by atoms with Crippen LogP contribution in [0.4, 0.5) is 0 Å². The van der Waals surface area contributed by atoms with E-state index in [9.17, 15) is 4.79 Å². The van der Waals surface area contributed by atoms with Gasteiger partial charge in [0, 0.05) is 26.4 Å². The molecule has 1 amide bonds. The summed E-state index contributed by atoms with van der Waals surface area (Å²) in [4.78, 5) is 11.9. The molecular weight excluding hydrogens is 216 g/mol. The van der Waals surface area contributed by atoms with E-state index in [0.29, 0.717) is 12.2 Å². The fourth-order valence-corrected chi connectivity index (χ4v) is 1.75. The molecule has 96 valence electrons. The van der Waals surface area contributed by atoms with Gasteiger partial charge >= 0.3 is 0 Å². The van der Waals surface area contributed by atoms with Crippen LogP contribution in [0, 0.1) is 5.41 Å². The number of hydrogen-bond acceptors (Lipinski definition) is 2. The van der Waals surface area contributed by atoms with Crippen LogP contribution in [-0.4, -0.2) is 28.7 Å². The molecule has 0 unspecified atom stereocenters. The van der Waals surface area contributed by atoms with Crippen LogP contribution >= 0.6 is 0 Å². The zero-order chi connectivity index (χ0) is 12.9. The minimum atomic E-state index is -0.0467. The van der Waals surface area contributed by atoms with E-state index in [-0.39, 0.29) is 17.9 Å². The summed E-state index contributed by atoms with van der Waals surface area (Å²) < 4.78 is 1.80. The van der Waals surface area contributed by atoms with E-state index < -0.39 is 0 Å². The first-order valence-electron chi connectivity index (χ1n) is 5.97. The number of aryl methyl sites for hydroxylation is 1. The Bertz CT molecular complexity index is 369. The average molecular weight is 238 g/mol. The monoisotopic (exact) mass is 238 g/mol. The Morgan fingerprint density at radius 2 is 2.24 bits per heavy atom. The number of nitrogens with zero attached hydrogens (tertiary/aromatic N) is 1. The molecule has 1 heterocycles. The third kappa shape index (κ3) is 4.23. The smallest absolute Gasteiger partial charge is 0.267 e. The summed E-state index contributed by atoms with van der Waals surface area (Å²) in [6.07, 6.45) is 3.52. The van der Waals surface area contributed by atoms with Gasteiger partial charge in [0.1, 0.15) is 5.69 Å². The second kappa shape index (κ2) is 5.87. The van der Waals surface area contributed by atoms with Gasteiger partial charge in [-0.1, -0.05) is 13.8 Å². The molecule has 0 aliphatic rings. The minimum absolute atomic E-state index is 0.0174. The highest BCUT2D eigenvalue weighted by atomic mass is 16.2. The van der Waals surface area contributed by atoms with Gasteiger partial charge in [-0.15, -0.1) is 0 Å². The lowest BCUT2D eigenvalue weighted by atomic mass is 9.88. The molecule has 0 saturated carbocycles. The summed E-state index contributed by atoms with van der Waals surface area (Å²) in [7, 11) is 1.85. The van der Waals surface area contributed by atoms with Crippen LogP contribution in [0.25, 0.3) is 0 Å². The average Bonchev–Trinajstić information content (AvgIpc) is 2.70.